The quantitative estimate of drug-likeness (QED) is 0.203. The number of carbonyl (C=O) groups is 4. The zero-order chi connectivity index (χ0) is 47.2. The number of benzene rings is 1. The van der Waals surface area contributed by atoms with Gasteiger partial charge in [0.05, 0.1) is 31.3 Å². The molecule has 2 aliphatic heterocycles. The molecular formula is C40H49F7N6O10S. The number of methoxy groups -OCH3 is 2. The van der Waals surface area contributed by atoms with Crippen LogP contribution in [0.15, 0.2) is 30.4 Å². The largest absolute Gasteiger partial charge is 0.497 e. The molecule has 7 atom stereocenters. The highest BCUT2D eigenvalue weighted by Gasteiger charge is 2.64. The number of nitrogens with one attached hydrogen (secondary N) is 3. The van der Waals surface area contributed by atoms with Crippen molar-refractivity contribution in [3.05, 3.63) is 36.0 Å². The molecule has 3 N–H and O–H groups in total. The van der Waals surface area contributed by atoms with Crippen LogP contribution in [0.4, 0.5) is 35.5 Å². The second-order valence-electron chi connectivity index (χ2n) is 17.3. The molecule has 2 saturated carbocycles. The smallest absolute Gasteiger partial charge is 0.438 e. The minimum absolute atomic E-state index is 0.0563. The number of amides is 4. The minimum atomic E-state index is -5.13. The van der Waals surface area contributed by atoms with Crippen LogP contribution >= 0.6 is 0 Å². The minimum Gasteiger partial charge on any atom is -0.497 e. The summed E-state index contributed by atoms with van der Waals surface area (Å²) in [5.41, 5.74) is -6.82. The molecule has 3 heterocycles. The van der Waals surface area contributed by atoms with Crippen LogP contribution in [0.3, 0.4) is 0 Å². The van der Waals surface area contributed by atoms with Crippen molar-refractivity contribution in [2.75, 3.05) is 34.0 Å². The summed E-state index contributed by atoms with van der Waals surface area (Å²) in [5.74, 6) is -6.28. The van der Waals surface area contributed by atoms with E-state index < -0.39 is 123 Å². The van der Waals surface area contributed by atoms with Gasteiger partial charge >= 0.3 is 18.4 Å². The number of carbonyl (C=O) groups excluding carboxylic acids is 4. The van der Waals surface area contributed by atoms with E-state index in [0.29, 0.717) is 26.7 Å². The molecule has 3 fully saturated rings. The van der Waals surface area contributed by atoms with Gasteiger partial charge < -0.3 is 34.5 Å². The molecule has 6 rings (SSSR count). The number of allylic oxidation sites excluding steroid dienone is 1. The number of nitrogens with zero attached hydrogens (tertiary/aromatic N) is 3. The SMILES string of the molecule is COC[C@@H]1C[C@H](C)CC/C=C\[C@@H]2C[C@@]2(C(=O)NS(=O)(=O)C2(CF)CC2)NC(=O)[C@@H]2C[C@@H](Oc3nc4cc(OC)ccc4nc3C(F)(F)F)CN2C(=O)[C@H]1NC(=O)OC(C)(C)C(F)(F)F. The molecule has 354 valence electrons. The summed E-state index contributed by atoms with van der Waals surface area (Å²) in [6, 6.07) is 0.380. The van der Waals surface area contributed by atoms with Crippen molar-refractivity contribution in [3.63, 3.8) is 0 Å². The van der Waals surface area contributed by atoms with Gasteiger partial charge in [-0.2, -0.15) is 26.3 Å². The number of fused-ring (bicyclic) bond motifs is 3. The average Bonchev–Trinajstić information content (AvgIpc) is 4.11. The summed E-state index contributed by atoms with van der Waals surface area (Å²) >= 11 is 0. The molecule has 0 bridgehead atoms. The molecule has 0 radical (unpaired) electrons. The standard InChI is InChI=1S/C40H49F7N6O10S/c1-21-8-6-7-9-23-17-38(23,34(56)52-64(58,59)37(20-41)12-13-37)51-31(54)28-16-25(62-32-30(39(42,43)44)48-26-11-10-24(61-5)15-27(26)49-32)18-53(28)33(55)29(22(14-21)19-60-4)50-35(57)63-36(2,3)40(45,46)47/h7,9-11,15,21-23,25,28-29H,6,8,12-14,16-20H2,1-5H3,(H,50,57)(H,51,54)(H,52,56)/b9-7-/t21-,22+,23-,25-,28+,29+,38-/m1/s1. The van der Waals surface area contributed by atoms with E-state index in [1.165, 1.54) is 32.4 Å². The number of alkyl carbamates (subject to hydrolysis) is 1. The first-order chi connectivity index (χ1) is 29.8. The molecule has 2 aliphatic carbocycles. The molecule has 64 heavy (non-hydrogen) atoms. The van der Waals surface area contributed by atoms with Crippen LogP contribution in [0, 0.1) is 17.8 Å². The first kappa shape index (κ1) is 48.5. The van der Waals surface area contributed by atoms with Crippen molar-refractivity contribution >= 4 is 44.9 Å². The van der Waals surface area contributed by atoms with Crippen molar-refractivity contribution in [2.45, 2.75) is 112 Å². The van der Waals surface area contributed by atoms with E-state index >= 15 is 0 Å². The summed E-state index contributed by atoms with van der Waals surface area (Å²) < 4.78 is 147. The third-order valence-electron chi connectivity index (χ3n) is 12.2. The molecule has 0 spiro atoms. The van der Waals surface area contributed by atoms with Gasteiger partial charge in [-0.05, 0) is 70.4 Å². The van der Waals surface area contributed by atoms with E-state index in [0.717, 1.165) is 4.90 Å². The van der Waals surface area contributed by atoms with Crippen LogP contribution < -0.4 is 24.8 Å². The number of hydrogen-bond acceptors (Lipinski definition) is 12. The Labute approximate surface area is 363 Å². The maximum Gasteiger partial charge on any atom is 0.438 e. The highest BCUT2D eigenvalue weighted by Crippen LogP contribution is 2.48. The molecule has 0 unspecified atom stereocenters. The second kappa shape index (κ2) is 17.8. The fourth-order valence-corrected chi connectivity index (χ4v) is 9.39. The third-order valence-corrected chi connectivity index (χ3v) is 14.3. The zero-order valence-electron chi connectivity index (χ0n) is 35.4. The Balaban J connectivity index is 1.42. The van der Waals surface area contributed by atoms with Gasteiger partial charge in [0.2, 0.25) is 39.0 Å². The van der Waals surface area contributed by atoms with E-state index in [2.05, 4.69) is 20.6 Å². The first-order valence-corrected chi connectivity index (χ1v) is 21.9. The molecule has 2 aromatic rings. The molecule has 1 aromatic carbocycles. The number of ether oxygens (including phenoxy) is 4. The Morgan fingerprint density at radius 3 is 2.34 bits per heavy atom. The number of hydrogen-bond donors (Lipinski definition) is 3. The van der Waals surface area contributed by atoms with Gasteiger partial charge in [-0.1, -0.05) is 19.1 Å². The average molecular weight is 939 g/mol. The number of rotatable bonds is 11. The Morgan fingerprint density at radius 2 is 1.73 bits per heavy atom. The Bertz CT molecular complexity index is 2280. The maximum absolute atomic E-state index is 14.9. The van der Waals surface area contributed by atoms with Crippen molar-refractivity contribution in [2.24, 2.45) is 17.8 Å². The fourth-order valence-electron chi connectivity index (χ4n) is 7.96. The summed E-state index contributed by atoms with van der Waals surface area (Å²) in [6.07, 6.45) is -9.96. The monoisotopic (exact) mass is 938 g/mol. The van der Waals surface area contributed by atoms with Crippen molar-refractivity contribution in [3.8, 4) is 11.6 Å². The van der Waals surface area contributed by atoms with E-state index in [-0.39, 0.29) is 55.0 Å². The van der Waals surface area contributed by atoms with E-state index in [9.17, 15) is 58.3 Å². The highest BCUT2D eigenvalue weighted by atomic mass is 32.2. The van der Waals surface area contributed by atoms with Crippen molar-refractivity contribution < 1.29 is 77.3 Å². The lowest BCUT2D eigenvalue weighted by atomic mass is 9.87. The zero-order valence-corrected chi connectivity index (χ0v) is 36.2. The van der Waals surface area contributed by atoms with Gasteiger partial charge in [0.1, 0.15) is 40.9 Å². The lowest BCUT2D eigenvalue weighted by Crippen LogP contribution is -2.60. The number of halogens is 7. The van der Waals surface area contributed by atoms with Gasteiger partial charge in [0, 0.05) is 31.4 Å². The van der Waals surface area contributed by atoms with Gasteiger partial charge in [-0.15, -0.1) is 0 Å². The van der Waals surface area contributed by atoms with Crippen LogP contribution in [0.5, 0.6) is 11.6 Å². The van der Waals surface area contributed by atoms with Crippen molar-refractivity contribution in [1.82, 2.24) is 30.2 Å². The van der Waals surface area contributed by atoms with E-state index in [1.807, 2.05) is 4.72 Å². The van der Waals surface area contributed by atoms with Gasteiger partial charge in [0.25, 0.3) is 5.91 Å². The number of aromatic nitrogens is 2. The predicted octanol–water partition coefficient (Wildman–Crippen LogP) is 4.90. The lowest BCUT2D eigenvalue weighted by Gasteiger charge is -2.35. The van der Waals surface area contributed by atoms with Crippen molar-refractivity contribution in [1.29, 1.82) is 0 Å². The molecule has 4 aliphatic rings. The van der Waals surface area contributed by atoms with Gasteiger partial charge in [-0.25, -0.2) is 27.6 Å². The maximum atomic E-state index is 14.9. The second-order valence-corrected chi connectivity index (χ2v) is 19.4. The van der Waals surface area contributed by atoms with Crippen LogP contribution in [-0.2, 0) is 40.1 Å². The highest BCUT2D eigenvalue weighted by molar-refractivity contribution is 7.91. The fraction of sp³-hybridized carbons (Fsp3) is 0.650. The van der Waals surface area contributed by atoms with Crippen LogP contribution in [0.25, 0.3) is 11.0 Å². The molecule has 1 aromatic heterocycles. The normalized spacial score (nSPS) is 28.1. The topological polar surface area (TPSA) is 204 Å². The summed E-state index contributed by atoms with van der Waals surface area (Å²) in [4.78, 5) is 65.3. The summed E-state index contributed by atoms with van der Waals surface area (Å²) in [7, 11) is -2.00. The molecule has 24 heteroatoms. The predicted molar refractivity (Wildman–Crippen MR) is 211 cm³/mol. The summed E-state index contributed by atoms with van der Waals surface area (Å²) in [5, 5.41) is 4.78. The molecule has 1 saturated heterocycles. The van der Waals surface area contributed by atoms with E-state index in [1.54, 1.807) is 19.1 Å². The van der Waals surface area contributed by atoms with Crippen LogP contribution in [-0.4, -0.2) is 121 Å². The first-order valence-electron chi connectivity index (χ1n) is 20.4. The Kier molecular flexibility index (Phi) is 13.4. The third kappa shape index (κ3) is 9.96. The molecule has 4 amide bonds. The van der Waals surface area contributed by atoms with E-state index in [4.69, 9.17) is 18.9 Å². The summed E-state index contributed by atoms with van der Waals surface area (Å²) in [6.45, 7) is 0.755. The van der Waals surface area contributed by atoms with Gasteiger partial charge in [0.15, 0.2) is 0 Å². The molecular weight excluding hydrogens is 890 g/mol. The number of sulfonamides is 1. The van der Waals surface area contributed by atoms with Crippen LogP contribution in [0.1, 0.15) is 71.4 Å². The lowest BCUT2D eigenvalue weighted by molar-refractivity contribution is -0.244. The Hall–Kier alpha value is -5.00. The number of alkyl halides is 7. The Morgan fingerprint density at radius 1 is 1.03 bits per heavy atom. The molecule has 16 nitrogen and oxygen atoms in total. The van der Waals surface area contributed by atoms with Gasteiger partial charge in [-0.3, -0.25) is 19.1 Å². The van der Waals surface area contributed by atoms with Crippen LogP contribution in [0.2, 0.25) is 0 Å².